The lowest BCUT2D eigenvalue weighted by Gasteiger charge is -2.03. The molecule has 16 rings (SSSR count). The van der Waals surface area contributed by atoms with Crippen molar-refractivity contribution in [1.29, 1.82) is 0 Å². The number of terminal acetylenes is 7. The molecule has 774 valence electrons. The van der Waals surface area contributed by atoms with Gasteiger partial charge >= 0.3 is 0 Å². The van der Waals surface area contributed by atoms with E-state index >= 15 is 0 Å². The summed E-state index contributed by atoms with van der Waals surface area (Å²) in [6.45, 7) is 63.7. The van der Waals surface area contributed by atoms with Gasteiger partial charge in [-0.1, -0.05) is 572 Å². The lowest BCUT2D eigenvalue weighted by molar-refractivity contribution is 0.414. The number of rotatable bonds is 6. The molecule has 0 heterocycles. The molecule has 0 radical (unpaired) electrons. The predicted octanol–water partition coefficient (Wildman–Crippen LogP) is 42.9. The summed E-state index contributed by atoms with van der Waals surface area (Å²) in [4.78, 5) is 0. The Bertz CT molecular complexity index is 4530. The molecule has 4 heteroatoms. The van der Waals surface area contributed by atoms with Crippen LogP contribution < -0.4 is 18.9 Å². The molecule has 0 aliphatic heterocycles. The van der Waals surface area contributed by atoms with Gasteiger partial charge in [-0.05, 0) is 166 Å². The van der Waals surface area contributed by atoms with Crippen LogP contribution in [0.5, 0.6) is 28.7 Å². The number of ether oxygens (including phenoxy) is 4. The van der Waals surface area contributed by atoms with Gasteiger partial charge in [0.05, 0.1) is 21.3 Å². The molecule has 0 saturated heterocycles. The van der Waals surface area contributed by atoms with Crippen molar-refractivity contribution in [3.8, 4) is 126 Å². The summed E-state index contributed by atoms with van der Waals surface area (Å²) in [5.74, 6) is 20.2. The maximum Gasteiger partial charge on any atom is 0.127 e. The normalized spacial score (nSPS) is 7.26. The van der Waals surface area contributed by atoms with Gasteiger partial charge < -0.3 is 18.9 Å². The second kappa shape index (κ2) is 153. The summed E-state index contributed by atoms with van der Waals surface area (Å²) in [7, 11) is 4.99. The first-order valence-corrected chi connectivity index (χ1v) is 50.4. The molecule has 16 aromatic carbocycles. The van der Waals surface area contributed by atoms with Crippen molar-refractivity contribution in [2.24, 2.45) is 0 Å². The molecule has 0 aliphatic rings. The molecule has 0 aliphatic carbocycles. The van der Waals surface area contributed by atoms with E-state index in [4.69, 9.17) is 18.9 Å². The third-order valence-electron chi connectivity index (χ3n) is 14.1. The smallest absolute Gasteiger partial charge is 0.127 e. The Morgan fingerprint density at radius 2 is 0.229 bits per heavy atom. The number of para-hydroxylation sites is 5. The molecule has 0 spiro atoms. The molecule has 16 aromatic rings. The zero-order chi connectivity index (χ0) is 112. The summed E-state index contributed by atoms with van der Waals surface area (Å²) in [6.07, 6.45) is 32.2. The van der Waals surface area contributed by atoms with Crippen molar-refractivity contribution < 1.29 is 18.9 Å². The highest BCUT2D eigenvalue weighted by Crippen LogP contribution is 2.21. The molecule has 0 aromatic heterocycles. The van der Waals surface area contributed by atoms with Crippen LogP contribution in [0.1, 0.15) is 226 Å². The molecule has 0 bridgehead atoms. The van der Waals surface area contributed by atoms with Crippen molar-refractivity contribution in [3.63, 3.8) is 0 Å². The zero-order valence-electron chi connectivity index (χ0n) is 96.0. The number of fused-ring (bicyclic) bond motifs is 3. The van der Waals surface area contributed by atoms with E-state index in [-0.39, 0.29) is 0 Å². The molecule has 4 nitrogen and oxygen atoms in total. The highest BCUT2D eigenvalue weighted by molar-refractivity contribution is 5.83. The van der Waals surface area contributed by atoms with Gasteiger partial charge in [0.2, 0.25) is 0 Å². The Morgan fingerprint density at radius 3 is 0.326 bits per heavy atom. The minimum absolute atomic E-state index is 0.869. The minimum Gasteiger partial charge on any atom is -0.497 e. The first kappa shape index (κ1) is 159. The zero-order valence-corrected chi connectivity index (χ0v) is 96.0. The lowest BCUT2D eigenvalue weighted by Crippen LogP contribution is -1.81. The van der Waals surface area contributed by atoms with E-state index < -0.39 is 0 Å². The van der Waals surface area contributed by atoms with Gasteiger partial charge in [-0.15, -0.1) is 86.4 Å². The third kappa shape index (κ3) is 117. The lowest BCUT2D eigenvalue weighted by atomic mass is 10.1. The summed E-state index contributed by atoms with van der Waals surface area (Å²) in [5.41, 5.74) is 5.20. The van der Waals surface area contributed by atoms with Crippen molar-refractivity contribution in [3.05, 3.63) is 466 Å². The number of methoxy groups -OCH3 is 3. The largest absolute Gasteiger partial charge is 0.497 e. The van der Waals surface area contributed by atoms with Gasteiger partial charge in [0.25, 0.3) is 0 Å². The summed E-state index contributed by atoms with van der Waals surface area (Å²) in [6, 6.07) is 152. The highest BCUT2D eigenvalue weighted by Gasteiger charge is 1.95. The van der Waals surface area contributed by atoms with Crippen molar-refractivity contribution >= 4 is 32.3 Å². The van der Waals surface area contributed by atoms with Crippen LogP contribution in [-0.2, 0) is 0 Å². The Morgan fingerprint density at radius 1 is 0.139 bits per heavy atom. The molecular weight excluding hydrogens is 1750 g/mol. The van der Waals surface area contributed by atoms with E-state index in [0.29, 0.717) is 0 Å². The average molecular weight is 1940 g/mol. The molecule has 144 heavy (non-hydrogen) atoms. The number of benzene rings is 16. The van der Waals surface area contributed by atoms with Crippen LogP contribution in [0.2, 0.25) is 0 Å². The Labute approximate surface area is 887 Å². The van der Waals surface area contributed by atoms with Crippen molar-refractivity contribution in [2.75, 3.05) is 21.3 Å². The Kier molecular flexibility index (Phi) is 169. The van der Waals surface area contributed by atoms with E-state index in [9.17, 15) is 0 Å². The topological polar surface area (TPSA) is 36.9 Å². The Balaban J connectivity index is -0.000000104. The van der Waals surface area contributed by atoms with Gasteiger partial charge in [-0.3, -0.25) is 0 Å². The van der Waals surface area contributed by atoms with Crippen LogP contribution in [-0.4, -0.2) is 21.3 Å². The van der Waals surface area contributed by atoms with Crippen molar-refractivity contribution in [2.45, 2.75) is 228 Å². The van der Waals surface area contributed by atoms with E-state index in [2.05, 4.69) is 319 Å². The van der Waals surface area contributed by atoms with Gasteiger partial charge in [0.15, 0.2) is 0 Å². The Hall–Kier alpha value is -15.6. The molecule has 0 N–H and O–H groups in total. The number of hydrogen-bond acceptors (Lipinski definition) is 4. The second-order valence-corrected chi connectivity index (χ2v) is 23.5. The van der Waals surface area contributed by atoms with Crippen molar-refractivity contribution in [1.82, 2.24) is 0 Å². The van der Waals surface area contributed by atoms with Crippen LogP contribution in [0.15, 0.2) is 455 Å². The summed E-state index contributed by atoms with van der Waals surface area (Å²) >= 11 is 0. The summed E-state index contributed by atoms with van der Waals surface area (Å²) in [5, 5.41) is 7.86. The highest BCUT2D eigenvalue weighted by atomic mass is 16.5. The molecule has 0 fully saturated rings. The third-order valence-corrected chi connectivity index (χ3v) is 14.1. The van der Waals surface area contributed by atoms with Crippen LogP contribution >= 0.6 is 0 Å². The first-order chi connectivity index (χ1) is 70.8. The SMILES string of the molecule is C#CC.C#CC.C#CC.C#CC.C#CC.C#CC.C#CC.CC.CC.CC.CC.CC.CC.CC.CC.CC.CC.CC.CC.COc1ccccc1.COc1ccccc1.COc1ccccc1.Cc1ccccc1.Cc1ccccc1.c1ccc(-c2ccccc2)cc1.c1ccc(Oc2ccccc2)cc1.c1ccc2ccccc2c1.c1ccc2ccccc2c1.c1ccc2ccccc2c1.c1ccccc1. The first-order valence-electron chi connectivity index (χ1n) is 50.4. The fourth-order valence-corrected chi connectivity index (χ4v) is 8.90. The molecule has 0 atom stereocenters. The molecule has 0 unspecified atom stereocenters. The number of hydrogen-bond donors (Lipinski definition) is 0. The fraction of sp³-hybridized carbons (Fsp3) is 0.257. The monoisotopic (exact) mass is 1940 g/mol. The quantitative estimate of drug-likeness (QED) is 0.156. The van der Waals surface area contributed by atoms with E-state index in [1.807, 2.05) is 403 Å². The van der Waals surface area contributed by atoms with Crippen LogP contribution in [0.25, 0.3) is 43.4 Å². The summed E-state index contributed by atoms with van der Waals surface area (Å²) < 4.78 is 20.3. The van der Waals surface area contributed by atoms with Gasteiger partial charge in [-0.25, -0.2) is 0 Å². The molecule has 0 saturated carbocycles. The van der Waals surface area contributed by atoms with Gasteiger partial charge in [0, 0.05) is 0 Å². The fourth-order valence-electron chi connectivity index (χ4n) is 8.90. The van der Waals surface area contributed by atoms with E-state index in [1.54, 1.807) is 69.8 Å². The molecule has 0 amide bonds. The number of aryl methyl sites for hydroxylation is 2. The predicted molar refractivity (Wildman–Crippen MR) is 662 cm³/mol. The van der Waals surface area contributed by atoms with Gasteiger partial charge in [0.1, 0.15) is 28.7 Å². The minimum atomic E-state index is 0.869. The van der Waals surface area contributed by atoms with Crippen LogP contribution in [0.4, 0.5) is 0 Å². The molecular formula is C140H190O4. The van der Waals surface area contributed by atoms with E-state index in [1.165, 1.54) is 54.6 Å². The van der Waals surface area contributed by atoms with Crippen LogP contribution in [0.3, 0.4) is 0 Å². The van der Waals surface area contributed by atoms with Crippen LogP contribution in [0, 0.1) is 100 Å². The maximum atomic E-state index is 5.58. The van der Waals surface area contributed by atoms with E-state index in [0.717, 1.165) is 28.7 Å². The maximum absolute atomic E-state index is 5.58. The van der Waals surface area contributed by atoms with Gasteiger partial charge in [-0.2, -0.15) is 0 Å². The average Bonchev–Trinajstić information content (AvgIpc) is 0.879. The second-order valence-electron chi connectivity index (χ2n) is 23.5. The standard InChI is InChI=1S/C12H10O.C12H10.3C10H8.3C7H8O.2C7H8.C6H6.7C3H4.12C2H6/c1-3-7-11(8-4-1)13-12-9-5-2-6-10-12;1-3-7-11(8-4-1)12-9-5-2-6-10-12;3*1-2-6-10-8-4-3-7-9(10)5-1;3*1-8-7-5-3-2-4-6-7;2*1-7-5-3-2-4-6-7;1-2-4-6-5-3-1;7*1-3-2;12*1-2/h1-10H;1-10H;3*1-8H;3*2-6H,1H3;2*2-6H,1H3;1-6H;7*1H,2H3;12*1-2H3.